The summed E-state index contributed by atoms with van der Waals surface area (Å²) >= 11 is 6.09. The predicted octanol–water partition coefficient (Wildman–Crippen LogP) is 3.99. The molecule has 0 bridgehead atoms. The van der Waals surface area contributed by atoms with E-state index >= 15 is 0 Å². The third-order valence-corrected chi connectivity index (χ3v) is 5.58. The molecule has 0 aliphatic carbocycles. The molecule has 4 aromatic rings. The minimum Gasteiger partial charge on any atom is -0.348 e. The van der Waals surface area contributed by atoms with E-state index in [2.05, 4.69) is 5.32 Å². The maximum Gasteiger partial charge on any atom is 0.336 e. The van der Waals surface area contributed by atoms with Crippen LogP contribution in [-0.2, 0) is 11.3 Å². The Morgan fingerprint density at radius 3 is 2.47 bits per heavy atom. The van der Waals surface area contributed by atoms with Gasteiger partial charge >= 0.3 is 5.69 Å². The van der Waals surface area contributed by atoms with Gasteiger partial charge in [-0.05, 0) is 49.7 Å². The molecule has 3 aromatic carbocycles. The van der Waals surface area contributed by atoms with Gasteiger partial charge in [0.15, 0.2) is 0 Å². The maximum absolute atomic E-state index is 13.4. The topological polar surface area (TPSA) is 73.1 Å². The number of carbonyl (C=O) groups is 1. The zero-order valence-electron chi connectivity index (χ0n) is 17.7. The number of nitrogens with one attached hydrogen (secondary N) is 1. The second-order valence-electron chi connectivity index (χ2n) is 7.71. The van der Waals surface area contributed by atoms with E-state index in [0.29, 0.717) is 21.6 Å². The summed E-state index contributed by atoms with van der Waals surface area (Å²) in [5.74, 6) is -0.332. The lowest BCUT2D eigenvalue weighted by atomic mass is 10.1. The first-order valence-corrected chi connectivity index (χ1v) is 10.6. The Morgan fingerprint density at radius 2 is 1.75 bits per heavy atom. The van der Waals surface area contributed by atoms with Crippen molar-refractivity contribution in [3.8, 4) is 5.69 Å². The molecule has 7 heteroatoms. The highest BCUT2D eigenvalue weighted by atomic mass is 35.5. The summed E-state index contributed by atoms with van der Waals surface area (Å²) in [7, 11) is 0. The minimum absolute atomic E-state index is 0.226. The molecule has 1 N–H and O–H groups in total. The number of rotatable bonds is 5. The van der Waals surface area contributed by atoms with Gasteiger partial charge in [0, 0.05) is 5.02 Å². The molecule has 32 heavy (non-hydrogen) atoms. The standard InChI is InChI=1S/C25H22ClN3O3/c1-16-11-12-22-21(13-16)24(31)29(20-10-6-9-19(26)14-20)25(32)28(22)15-23(30)27-17(2)18-7-4-3-5-8-18/h3-14,17H,15H2,1-2H3,(H,27,30). The molecule has 0 aliphatic rings. The zero-order chi connectivity index (χ0) is 22.8. The fourth-order valence-electron chi connectivity index (χ4n) is 3.74. The molecule has 0 aliphatic heterocycles. The highest BCUT2D eigenvalue weighted by Gasteiger charge is 2.18. The van der Waals surface area contributed by atoms with Gasteiger partial charge in [-0.25, -0.2) is 9.36 Å². The Morgan fingerprint density at radius 1 is 1.00 bits per heavy atom. The van der Waals surface area contributed by atoms with E-state index < -0.39 is 11.2 Å². The van der Waals surface area contributed by atoms with E-state index in [1.54, 1.807) is 36.4 Å². The van der Waals surface area contributed by atoms with Crippen LogP contribution in [0.1, 0.15) is 24.1 Å². The van der Waals surface area contributed by atoms with E-state index in [-0.39, 0.29) is 18.5 Å². The lowest BCUT2D eigenvalue weighted by Crippen LogP contribution is -2.42. The number of halogens is 1. The van der Waals surface area contributed by atoms with Gasteiger partial charge in [-0.1, -0.05) is 59.6 Å². The fourth-order valence-corrected chi connectivity index (χ4v) is 3.92. The summed E-state index contributed by atoms with van der Waals surface area (Å²) in [6, 6.07) is 21.1. The molecule has 6 nitrogen and oxygen atoms in total. The van der Waals surface area contributed by atoms with Crippen LogP contribution < -0.4 is 16.6 Å². The highest BCUT2D eigenvalue weighted by Crippen LogP contribution is 2.16. The molecule has 0 radical (unpaired) electrons. The molecule has 1 unspecified atom stereocenters. The largest absolute Gasteiger partial charge is 0.348 e. The molecule has 0 fully saturated rings. The van der Waals surface area contributed by atoms with Crippen LogP contribution in [0.25, 0.3) is 16.6 Å². The molecule has 1 atom stereocenters. The van der Waals surface area contributed by atoms with Crippen molar-refractivity contribution in [2.45, 2.75) is 26.4 Å². The van der Waals surface area contributed by atoms with Gasteiger partial charge in [-0.15, -0.1) is 0 Å². The van der Waals surface area contributed by atoms with Crippen LogP contribution in [0.2, 0.25) is 5.02 Å². The van der Waals surface area contributed by atoms with Crippen molar-refractivity contribution in [3.05, 3.63) is 110 Å². The first-order chi connectivity index (χ1) is 15.3. The van der Waals surface area contributed by atoms with E-state index in [4.69, 9.17) is 11.6 Å². The van der Waals surface area contributed by atoms with Gasteiger partial charge in [-0.3, -0.25) is 14.2 Å². The van der Waals surface area contributed by atoms with Gasteiger partial charge in [0.1, 0.15) is 6.54 Å². The van der Waals surface area contributed by atoms with E-state index in [0.717, 1.165) is 15.7 Å². The number of carbonyl (C=O) groups excluding carboxylic acids is 1. The van der Waals surface area contributed by atoms with E-state index in [1.165, 1.54) is 4.57 Å². The quantitative estimate of drug-likeness (QED) is 0.502. The third kappa shape index (κ3) is 4.22. The Hall–Kier alpha value is -3.64. The smallest absolute Gasteiger partial charge is 0.336 e. The first-order valence-electron chi connectivity index (χ1n) is 10.2. The van der Waals surface area contributed by atoms with Crippen molar-refractivity contribution in [3.63, 3.8) is 0 Å². The van der Waals surface area contributed by atoms with Crippen molar-refractivity contribution in [1.82, 2.24) is 14.5 Å². The predicted molar refractivity (Wildman–Crippen MR) is 127 cm³/mol. The monoisotopic (exact) mass is 447 g/mol. The van der Waals surface area contributed by atoms with Crippen molar-refractivity contribution in [2.24, 2.45) is 0 Å². The number of hydrogen-bond donors (Lipinski definition) is 1. The van der Waals surface area contributed by atoms with Gasteiger partial charge in [-0.2, -0.15) is 0 Å². The van der Waals surface area contributed by atoms with Crippen LogP contribution in [0.15, 0.2) is 82.4 Å². The average Bonchev–Trinajstić information content (AvgIpc) is 2.77. The molecule has 0 spiro atoms. The molecule has 162 valence electrons. The molecular weight excluding hydrogens is 426 g/mol. The lowest BCUT2D eigenvalue weighted by molar-refractivity contribution is -0.122. The van der Waals surface area contributed by atoms with E-state index in [1.807, 2.05) is 50.2 Å². The number of aryl methyl sites for hydroxylation is 1. The second kappa shape index (κ2) is 8.85. The summed E-state index contributed by atoms with van der Waals surface area (Å²) in [6.45, 7) is 3.52. The Bertz CT molecular complexity index is 1420. The molecule has 0 saturated carbocycles. The van der Waals surface area contributed by atoms with Crippen LogP contribution in [0.3, 0.4) is 0 Å². The number of hydrogen-bond acceptors (Lipinski definition) is 3. The Balaban J connectivity index is 1.81. The first kappa shape index (κ1) is 21.6. The van der Waals surface area contributed by atoms with Gasteiger partial charge in [0.05, 0.1) is 22.6 Å². The maximum atomic E-state index is 13.4. The summed E-state index contributed by atoms with van der Waals surface area (Å²) in [4.78, 5) is 39.5. The summed E-state index contributed by atoms with van der Waals surface area (Å²) in [5.41, 5.74) is 1.53. The van der Waals surface area contributed by atoms with Gasteiger partial charge in [0.2, 0.25) is 5.91 Å². The third-order valence-electron chi connectivity index (χ3n) is 5.34. The van der Waals surface area contributed by atoms with Crippen LogP contribution >= 0.6 is 11.6 Å². The second-order valence-corrected chi connectivity index (χ2v) is 8.15. The number of benzene rings is 3. The minimum atomic E-state index is -0.601. The molecule has 0 saturated heterocycles. The zero-order valence-corrected chi connectivity index (χ0v) is 18.5. The van der Waals surface area contributed by atoms with Crippen molar-refractivity contribution in [1.29, 1.82) is 0 Å². The van der Waals surface area contributed by atoms with Gasteiger partial charge in [0.25, 0.3) is 5.56 Å². The van der Waals surface area contributed by atoms with Crippen LogP contribution in [-0.4, -0.2) is 15.0 Å². The van der Waals surface area contributed by atoms with Crippen LogP contribution in [0, 0.1) is 6.92 Å². The number of fused-ring (bicyclic) bond motifs is 1. The molecule has 1 aromatic heterocycles. The summed E-state index contributed by atoms with van der Waals surface area (Å²) in [6.07, 6.45) is 0. The highest BCUT2D eigenvalue weighted by molar-refractivity contribution is 6.30. The summed E-state index contributed by atoms with van der Waals surface area (Å²) < 4.78 is 2.38. The van der Waals surface area contributed by atoms with Crippen molar-refractivity contribution < 1.29 is 4.79 Å². The molecule has 1 amide bonds. The number of amides is 1. The van der Waals surface area contributed by atoms with Crippen LogP contribution in [0.5, 0.6) is 0 Å². The SMILES string of the molecule is Cc1ccc2c(c1)c(=O)n(-c1cccc(Cl)c1)c(=O)n2CC(=O)NC(C)c1ccccc1. The van der Waals surface area contributed by atoms with Crippen LogP contribution in [0.4, 0.5) is 0 Å². The summed E-state index contributed by atoms with van der Waals surface area (Å²) in [5, 5.41) is 3.68. The van der Waals surface area contributed by atoms with Crippen molar-refractivity contribution in [2.75, 3.05) is 0 Å². The normalized spacial score (nSPS) is 12.0. The molecule has 4 rings (SSSR count). The number of nitrogens with zero attached hydrogens (tertiary/aromatic N) is 2. The molecular formula is C25H22ClN3O3. The van der Waals surface area contributed by atoms with Crippen molar-refractivity contribution >= 4 is 28.4 Å². The van der Waals surface area contributed by atoms with Gasteiger partial charge < -0.3 is 5.32 Å². The number of aromatic nitrogens is 2. The van der Waals surface area contributed by atoms with E-state index in [9.17, 15) is 14.4 Å². The fraction of sp³-hybridized carbons (Fsp3) is 0.160. The lowest BCUT2D eigenvalue weighted by Gasteiger charge is -2.17. The average molecular weight is 448 g/mol. The Labute approximate surface area is 189 Å². The molecule has 1 heterocycles. The Kier molecular flexibility index (Phi) is 5.97.